The maximum Gasteiger partial charge on any atom is 0.246 e. The summed E-state index contributed by atoms with van der Waals surface area (Å²) < 4.78 is 17.6. The summed E-state index contributed by atoms with van der Waals surface area (Å²) in [5.74, 6) is -14.5. The fraction of sp³-hybridized carbons (Fsp3) is 0.613. The van der Waals surface area contributed by atoms with Gasteiger partial charge in [-0.05, 0) is 57.4 Å². The number of carbonyl (C=O) groups is 12. The van der Waals surface area contributed by atoms with Crippen LogP contribution in [0.4, 0.5) is 0 Å². The number of nitrogens with two attached hydrogens (primary N) is 1. The highest BCUT2D eigenvalue weighted by Gasteiger charge is 2.52. The number of phenols is 2. The molecule has 0 radical (unpaired) electrons. The van der Waals surface area contributed by atoms with Gasteiger partial charge in [0, 0.05) is 49.3 Å². The molecule has 3 aliphatic carbocycles. The van der Waals surface area contributed by atoms with Gasteiger partial charge in [-0.2, -0.15) is 0 Å². The number of hydrogen-bond donors (Lipinski definition) is 17. The number of likely N-dealkylation sites (tertiary alicyclic amines) is 1. The predicted molar refractivity (Wildman–Crippen MR) is 325 cm³/mol. The summed E-state index contributed by atoms with van der Waals surface area (Å²) in [6, 6.07) is -8.40. The lowest BCUT2D eigenvalue weighted by molar-refractivity contribution is -0.249. The summed E-state index contributed by atoms with van der Waals surface area (Å²) in [5, 5.41) is 115. The summed E-state index contributed by atoms with van der Waals surface area (Å²) >= 11 is 0. The van der Waals surface area contributed by atoms with Crippen LogP contribution in [0.25, 0.3) is 0 Å². The van der Waals surface area contributed by atoms with Crippen molar-refractivity contribution in [3.05, 3.63) is 51.6 Å². The van der Waals surface area contributed by atoms with Crippen molar-refractivity contribution in [2.45, 2.75) is 196 Å². The second kappa shape index (κ2) is 31.5. The average molecular weight is 1340 g/mol. The molecule has 33 nitrogen and oxygen atoms in total. The number of phenolic OH excluding ortho intramolecular Hbond substituents is 2. The van der Waals surface area contributed by atoms with E-state index < -0.39 is 242 Å². The minimum absolute atomic E-state index is 0.0258. The third kappa shape index (κ3) is 16.5. The molecule has 3 fully saturated rings. The minimum atomic E-state index is -2.51. The van der Waals surface area contributed by atoms with Crippen LogP contribution in [-0.2, 0) is 63.8 Å². The molecule has 1 unspecified atom stereocenters. The molecule has 18 N–H and O–H groups in total. The second-order valence-electron chi connectivity index (χ2n) is 25.1. The number of aromatic hydroxyl groups is 2. The molecule has 0 aromatic heterocycles. The Kier molecular flexibility index (Phi) is 24.6. The van der Waals surface area contributed by atoms with E-state index in [-0.39, 0.29) is 46.9 Å². The van der Waals surface area contributed by atoms with Crippen LogP contribution < -0.4 is 47.7 Å². The van der Waals surface area contributed by atoms with E-state index in [1.807, 2.05) is 0 Å². The first-order chi connectivity index (χ1) is 44.8. The molecule has 2 aromatic carbocycles. The first kappa shape index (κ1) is 74.1. The SMILES string of the molecule is COc1cccc2c1C(=O)c1c(O)c3c(c(O)c1C2=O)C[C@@](O)(C(=O)CO)C[C@@H]3O[C@@H]1C[C@@H](NC(=O)[C@H](CC(C)C)NC(=O)[C@H](CO)NC(=O)[C@H](CCC(N)=O)NC(=O)C(NC(=O)[C@H](CO)NC(=O)[C@H](C)NC(=O)[C@@H]2[C@H](O)[C@H](O)CN2C(C)=O)C2CCCCC2)[C@@H](O)[C@@H](C)O1. The summed E-state index contributed by atoms with van der Waals surface area (Å²) in [5.41, 5.74) is 0.562. The number of β-amino-alcohol motifs (C(OH)–C–C–N with tert-alkyl or cyclic N) is 1. The lowest BCUT2D eigenvalue weighted by Gasteiger charge is -2.43. The molecule has 2 aromatic rings. The highest BCUT2D eigenvalue weighted by atomic mass is 16.7. The van der Waals surface area contributed by atoms with E-state index in [2.05, 4.69) is 37.2 Å². The number of nitrogens with zero attached hydrogens (tertiary/aromatic N) is 1. The molecule has 33 heteroatoms. The molecule has 95 heavy (non-hydrogen) atoms. The van der Waals surface area contributed by atoms with E-state index in [9.17, 15) is 103 Å². The fourth-order valence-electron chi connectivity index (χ4n) is 12.8. The van der Waals surface area contributed by atoms with E-state index in [1.165, 1.54) is 39.2 Å². The number of ether oxygens (including phenoxy) is 3. The molecular formula is C62H85N9O24. The fourth-order valence-corrected chi connectivity index (χ4v) is 12.8. The Labute approximate surface area is 544 Å². The van der Waals surface area contributed by atoms with Gasteiger partial charge in [-0.3, -0.25) is 57.5 Å². The number of aliphatic hydroxyl groups excluding tert-OH is 6. The molecule has 2 heterocycles. The number of primary amides is 1. The molecule has 522 valence electrons. The predicted octanol–water partition coefficient (Wildman–Crippen LogP) is -5.08. The number of aliphatic hydroxyl groups is 7. The molecular weight excluding hydrogens is 1250 g/mol. The maximum atomic E-state index is 14.4. The van der Waals surface area contributed by atoms with Crippen LogP contribution in [0.5, 0.6) is 17.2 Å². The number of fused-ring (bicyclic) bond motifs is 3. The van der Waals surface area contributed by atoms with Gasteiger partial charge in [0.2, 0.25) is 58.9 Å². The second-order valence-corrected chi connectivity index (χ2v) is 25.1. The van der Waals surface area contributed by atoms with E-state index in [1.54, 1.807) is 13.8 Å². The standard InChI is InChI=1S/C62H85N9O24/c1-25(2)17-34(57(87)66-33-18-42(94-27(4)49(33)79)95-39-20-62(92,40(77)24-74)19-31-44(39)54(84)46-45(51(31)81)50(80)30-13-10-14-38(93-6)43(30)53(46)83)67-58(88)35(22-72)69-56(86)32(15-16-41(63)78)65-60(90)47(29-11-8-7-9-12-29)70-59(89)36(23-73)68-55(85)26(3)64-61(91)48-52(82)37(76)21-71(48)28(5)75/h10,13-14,25-27,29,32-37,39,42,47-49,52,72-74,76,79,81-82,84,92H,7-9,11-12,15-24H2,1-6H3,(H2,63,78)(H,64,91)(H,65,90)(H,66,87)(H,67,88)(H,68,85)(H,69,86)(H,70,89)/t26-,27+,32-,33+,34-,35-,36-,37+,39-,42+,47?,48-,49-,52+,62-/m0/s1. The Hall–Kier alpha value is -8.28. The average Bonchev–Trinajstić information content (AvgIpc) is 1.16. The largest absolute Gasteiger partial charge is 0.507 e. The zero-order valence-electron chi connectivity index (χ0n) is 53.2. The summed E-state index contributed by atoms with van der Waals surface area (Å²) in [6.07, 6.45) is -9.28. The molecule has 0 bridgehead atoms. The van der Waals surface area contributed by atoms with Gasteiger partial charge in [-0.1, -0.05) is 45.2 Å². The number of benzene rings is 2. The number of ketones is 3. The number of Topliss-reactive ketones (excluding diaryl/α,β-unsaturated/α-hetero) is 1. The van der Waals surface area contributed by atoms with E-state index >= 15 is 0 Å². The van der Waals surface area contributed by atoms with Crippen molar-refractivity contribution in [1.29, 1.82) is 0 Å². The van der Waals surface area contributed by atoms with Gasteiger partial charge in [-0.15, -0.1) is 0 Å². The zero-order chi connectivity index (χ0) is 70.2. The number of amides is 9. The Bertz CT molecular complexity index is 3310. The zero-order valence-corrected chi connectivity index (χ0v) is 53.2. The number of carbonyl (C=O) groups excluding carboxylic acids is 12. The Morgan fingerprint density at radius 1 is 0.747 bits per heavy atom. The summed E-state index contributed by atoms with van der Waals surface area (Å²) in [4.78, 5) is 164. The number of hydrogen-bond acceptors (Lipinski definition) is 24. The van der Waals surface area contributed by atoms with Crippen molar-refractivity contribution in [2.24, 2.45) is 17.6 Å². The van der Waals surface area contributed by atoms with E-state index in [0.29, 0.717) is 25.7 Å². The molecule has 15 atom stereocenters. The third-order valence-corrected chi connectivity index (χ3v) is 17.9. The first-order valence-electron chi connectivity index (χ1n) is 31.3. The Morgan fingerprint density at radius 3 is 1.95 bits per heavy atom. The molecule has 9 amide bonds. The smallest absolute Gasteiger partial charge is 0.246 e. The van der Waals surface area contributed by atoms with Gasteiger partial charge in [0.25, 0.3) is 0 Å². The van der Waals surface area contributed by atoms with Crippen molar-refractivity contribution >= 4 is 70.5 Å². The van der Waals surface area contributed by atoms with Crippen molar-refractivity contribution in [3.63, 3.8) is 0 Å². The number of methoxy groups -OCH3 is 1. The van der Waals surface area contributed by atoms with Crippen LogP contribution >= 0.6 is 0 Å². The van der Waals surface area contributed by atoms with Crippen LogP contribution in [0.2, 0.25) is 0 Å². The Morgan fingerprint density at radius 2 is 1.35 bits per heavy atom. The normalized spacial score (nSPS) is 25.2. The van der Waals surface area contributed by atoms with Gasteiger partial charge >= 0.3 is 0 Å². The lowest BCUT2D eigenvalue weighted by atomic mass is 9.72. The van der Waals surface area contributed by atoms with Gasteiger partial charge in [0.05, 0.1) is 67.9 Å². The lowest BCUT2D eigenvalue weighted by Crippen LogP contribution is -2.62. The van der Waals surface area contributed by atoms with Crippen molar-refractivity contribution in [2.75, 3.05) is 33.5 Å². The topological polar surface area (TPSA) is 528 Å². The quantitative estimate of drug-likeness (QED) is 0.0318. The van der Waals surface area contributed by atoms with Gasteiger partial charge in [0.15, 0.2) is 17.9 Å². The van der Waals surface area contributed by atoms with Gasteiger partial charge < -0.3 is 108 Å². The van der Waals surface area contributed by atoms with Gasteiger partial charge in [-0.25, -0.2) is 0 Å². The van der Waals surface area contributed by atoms with Gasteiger partial charge in [0.1, 0.15) is 84.0 Å². The summed E-state index contributed by atoms with van der Waals surface area (Å²) in [6.45, 7) is 3.41. The molecule has 7 rings (SSSR count). The summed E-state index contributed by atoms with van der Waals surface area (Å²) in [7, 11) is 1.25. The van der Waals surface area contributed by atoms with Crippen LogP contribution in [0, 0.1) is 11.8 Å². The minimum Gasteiger partial charge on any atom is -0.507 e. The van der Waals surface area contributed by atoms with Crippen LogP contribution in [0.15, 0.2) is 18.2 Å². The number of rotatable bonds is 27. The molecule has 2 aliphatic heterocycles. The van der Waals surface area contributed by atoms with Crippen LogP contribution in [0.1, 0.15) is 148 Å². The van der Waals surface area contributed by atoms with Crippen LogP contribution in [0.3, 0.4) is 0 Å². The van der Waals surface area contributed by atoms with Crippen molar-refractivity contribution in [1.82, 2.24) is 42.1 Å². The van der Waals surface area contributed by atoms with Crippen LogP contribution in [-0.4, -0.2) is 239 Å². The maximum absolute atomic E-state index is 14.4. The monoisotopic (exact) mass is 1340 g/mol. The molecule has 5 aliphatic rings. The number of nitrogens with one attached hydrogen (secondary N) is 7. The van der Waals surface area contributed by atoms with Crippen molar-refractivity contribution < 1.29 is 118 Å². The Balaban J connectivity index is 1.04. The third-order valence-electron chi connectivity index (χ3n) is 17.9. The highest BCUT2D eigenvalue weighted by molar-refractivity contribution is 6.31. The molecule has 1 saturated carbocycles. The highest BCUT2D eigenvalue weighted by Crippen LogP contribution is 2.53. The molecule has 0 spiro atoms. The van der Waals surface area contributed by atoms with E-state index in [4.69, 9.17) is 19.9 Å². The van der Waals surface area contributed by atoms with Crippen molar-refractivity contribution in [3.8, 4) is 17.2 Å². The van der Waals surface area contributed by atoms with E-state index in [0.717, 1.165) is 18.2 Å². The molecule has 2 saturated heterocycles. The first-order valence-corrected chi connectivity index (χ1v) is 31.3.